The van der Waals surface area contributed by atoms with Gasteiger partial charge in [0.25, 0.3) is 0 Å². The molecular weight excluding hydrogens is 382 g/mol. The predicted molar refractivity (Wildman–Crippen MR) is 131 cm³/mol. The van der Waals surface area contributed by atoms with Crippen LogP contribution >= 0.6 is 0 Å². The van der Waals surface area contributed by atoms with E-state index in [-0.39, 0.29) is 10.4 Å². The van der Waals surface area contributed by atoms with Gasteiger partial charge >= 0.3 is 0 Å². The van der Waals surface area contributed by atoms with E-state index in [2.05, 4.69) is 57.3 Å². The van der Waals surface area contributed by atoms with Crippen LogP contribution in [0.1, 0.15) is 33.3 Å². The number of carbonyl (C=O) groups excluding carboxylic acids is 1. The van der Waals surface area contributed by atoms with E-state index in [1.807, 2.05) is 72.8 Å². The lowest BCUT2D eigenvalue weighted by atomic mass is 10.1. The number of nitrogens with one attached hydrogen (secondary N) is 1. The molecule has 0 saturated carbocycles. The molecule has 0 aliphatic heterocycles. The predicted octanol–water partition coefficient (Wildman–Crippen LogP) is 4.81. The molecule has 30 heavy (non-hydrogen) atoms. The number of benzene rings is 3. The van der Waals surface area contributed by atoms with Crippen molar-refractivity contribution < 1.29 is 4.79 Å². The van der Waals surface area contributed by atoms with Crippen LogP contribution in [0, 0.1) is 0 Å². The smallest absolute Gasteiger partial charge is 0.204 e. The molecule has 0 atom stereocenters. The fourth-order valence-electron chi connectivity index (χ4n) is 4.35. The van der Waals surface area contributed by atoms with Gasteiger partial charge in [-0.1, -0.05) is 112 Å². The van der Waals surface area contributed by atoms with E-state index < -0.39 is 8.07 Å². The van der Waals surface area contributed by atoms with Gasteiger partial charge in [0.05, 0.1) is 0 Å². The van der Waals surface area contributed by atoms with Crippen LogP contribution in [0.2, 0.25) is 5.04 Å². The van der Waals surface area contributed by atoms with Gasteiger partial charge in [0, 0.05) is 18.3 Å². The summed E-state index contributed by atoms with van der Waals surface area (Å²) < 4.78 is 0. The Hall–Kier alpha value is -2.91. The van der Waals surface area contributed by atoms with Crippen LogP contribution in [0.3, 0.4) is 0 Å². The van der Waals surface area contributed by atoms with Crippen molar-refractivity contribution in [1.29, 1.82) is 0 Å². The van der Waals surface area contributed by atoms with E-state index in [1.165, 1.54) is 0 Å². The van der Waals surface area contributed by atoms with Crippen LogP contribution in [0.5, 0.6) is 0 Å². The second-order valence-electron chi connectivity index (χ2n) is 8.55. The van der Waals surface area contributed by atoms with Crippen LogP contribution in [0.25, 0.3) is 5.70 Å². The number of hydrogen-bond donors (Lipinski definition) is 1. The zero-order valence-corrected chi connectivity index (χ0v) is 19.4. The van der Waals surface area contributed by atoms with Gasteiger partial charge in [-0.3, -0.25) is 4.79 Å². The summed E-state index contributed by atoms with van der Waals surface area (Å²) in [4.78, 5) is 14.3. The Balaban J connectivity index is 2.28. The fraction of sp³-hybridized carbons (Fsp3) is 0.222. The van der Waals surface area contributed by atoms with Crippen LogP contribution in [-0.2, 0) is 4.79 Å². The van der Waals surface area contributed by atoms with Gasteiger partial charge in [-0.05, 0) is 27.9 Å². The van der Waals surface area contributed by atoms with Gasteiger partial charge in [0.15, 0.2) is 0 Å². The first kappa shape index (κ1) is 21.8. The Labute approximate surface area is 181 Å². The normalized spacial score (nSPS) is 12.5. The Morgan fingerprint density at radius 2 is 1.23 bits per heavy atom. The van der Waals surface area contributed by atoms with Gasteiger partial charge in [-0.15, -0.1) is 0 Å². The quantitative estimate of drug-likeness (QED) is 0.445. The molecule has 0 aromatic heterocycles. The number of allylic oxidation sites excluding steroid dienone is 1. The molecule has 154 valence electrons. The molecule has 0 aliphatic carbocycles. The molecular formula is C27H31NOSi. The van der Waals surface area contributed by atoms with Gasteiger partial charge in [0.2, 0.25) is 8.07 Å². The number of hydrogen-bond acceptors (Lipinski definition) is 2. The van der Waals surface area contributed by atoms with Gasteiger partial charge in [-0.2, -0.15) is 0 Å². The molecule has 0 heterocycles. The maximum Gasteiger partial charge on any atom is 0.204 e. The van der Waals surface area contributed by atoms with Crippen LogP contribution in [0.15, 0.2) is 97.1 Å². The summed E-state index contributed by atoms with van der Waals surface area (Å²) in [5.74, 6) is 0. The Bertz CT molecular complexity index is 950. The van der Waals surface area contributed by atoms with E-state index in [9.17, 15) is 4.79 Å². The largest absolute Gasteiger partial charge is 0.385 e. The summed E-state index contributed by atoms with van der Waals surface area (Å²) >= 11 is 0. The van der Waals surface area contributed by atoms with Gasteiger partial charge in [-0.25, -0.2) is 0 Å². The van der Waals surface area contributed by atoms with Crippen LogP contribution < -0.4 is 15.7 Å². The van der Waals surface area contributed by atoms with E-state index in [0.717, 1.165) is 28.2 Å². The summed E-state index contributed by atoms with van der Waals surface area (Å²) in [5, 5.41) is 5.72. The molecule has 3 aromatic carbocycles. The first-order chi connectivity index (χ1) is 14.4. The van der Waals surface area contributed by atoms with Gasteiger partial charge < -0.3 is 5.32 Å². The van der Waals surface area contributed by atoms with Crippen molar-refractivity contribution in [3.05, 3.63) is 103 Å². The average Bonchev–Trinajstić information content (AvgIpc) is 2.75. The molecule has 0 saturated heterocycles. The molecule has 2 nitrogen and oxygen atoms in total. The molecule has 3 heteroatoms. The monoisotopic (exact) mass is 413 g/mol. The summed E-state index contributed by atoms with van der Waals surface area (Å²) in [6, 6.07) is 30.9. The third-order valence-corrected chi connectivity index (χ3v) is 11.2. The van der Waals surface area contributed by atoms with Gasteiger partial charge in [0.1, 0.15) is 5.41 Å². The van der Waals surface area contributed by atoms with Crippen LogP contribution in [0.4, 0.5) is 0 Å². The van der Waals surface area contributed by atoms with Crippen molar-refractivity contribution in [3.63, 3.8) is 0 Å². The Morgan fingerprint density at radius 1 is 0.800 bits per heavy atom. The summed E-state index contributed by atoms with van der Waals surface area (Å²) in [5.41, 5.74) is 1.92. The Kier molecular flexibility index (Phi) is 6.73. The van der Waals surface area contributed by atoms with Crippen molar-refractivity contribution in [1.82, 2.24) is 5.32 Å². The highest BCUT2D eigenvalue weighted by Gasteiger charge is 2.53. The third-order valence-electron chi connectivity index (χ3n) is 5.64. The van der Waals surface area contributed by atoms with Crippen molar-refractivity contribution in [2.45, 2.75) is 32.7 Å². The first-order valence-corrected chi connectivity index (χ1v) is 12.6. The third kappa shape index (κ3) is 4.17. The van der Waals surface area contributed by atoms with E-state index in [4.69, 9.17) is 0 Å². The lowest BCUT2D eigenvalue weighted by Crippen LogP contribution is -2.69. The second kappa shape index (κ2) is 9.27. The molecule has 3 rings (SSSR count). The van der Waals surface area contributed by atoms with Crippen molar-refractivity contribution in [2.75, 3.05) is 6.54 Å². The number of carbonyl (C=O) groups is 1. The molecule has 0 spiro atoms. The maximum atomic E-state index is 14.3. The zero-order valence-electron chi connectivity index (χ0n) is 18.4. The van der Waals surface area contributed by atoms with Crippen molar-refractivity contribution in [2.24, 2.45) is 0 Å². The topological polar surface area (TPSA) is 29.1 Å². The van der Waals surface area contributed by atoms with E-state index in [1.54, 1.807) is 0 Å². The second-order valence-corrected chi connectivity index (χ2v) is 13.2. The SMILES string of the molecule is CCN/C(=C\C(=O)[Si](c1ccccc1)(c1ccccc1)C(C)(C)C)c1ccccc1. The van der Waals surface area contributed by atoms with E-state index in [0.29, 0.717) is 0 Å². The average molecular weight is 414 g/mol. The lowest BCUT2D eigenvalue weighted by molar-refractivity contribution is -0.108. The minimum atomic E-state index is -2.83. The van der Waals surface area contributed by atoms with E-state index >= 15 is 0 Å². The minimum absolute atomic E-state index is 0.211. The summed E-state index contributed by atoms with van der Waals surface area (Å²) in [6.45, 7) is 9.44. The molecule has 1 N–H and O–H groups in total. The molecule has 0 bridgehead atoms. The molecule has 0 amide bonds. The summed E-state index contributed by atoms with van der Waals surface area (Å²) in [6.07, 6.45) is 1.86. The summed E-state index contributed by atoms with van der Waals surface area (Å²) in [7, 11) is -2.83. The highest BCUT2D eigenvalue weighted by atomic mass is 28.3. The number of rotatable bonds is 7. The zero-order chi connectivity index (χ0) is 21.6. The Morgan fingerprint density at radius 3 is 1.63 bits per heavy atom. The lowest BCUT2D eigenvalue weighted by Gasteiger charge is -2.42. The van der Waals surface area contributed by atoms with Crippen molar-refractivity contribution in [3.8, 4) is 0 Å². The molecule has 0 aliphatic rings. The maximum absolute atomic E-state index is 14.3. The van der Waals surface area contributed by atoms with Crippen molar-refractivity contribution >= 4 is 29.6 Å². The molecule has 3 aromatic rings. The molecule has 0 radical (unpaired) electrons. The minimum Gasteiger partial charge on any atom is -0.385 e. The molecule has 0 fully saturated rings. The molecule has 0 unspecified atom stereocenters. The van der Waals surface area contributed by atoms with Crippen LogP contribution in [-0.4, -0.2) is 20.0 Å². The standard InChI is InChI=1S/C27H31NOSi/c1-5-28-25(22-15-9-6-10-16-22)21-26(29)30(27(2,3)4,23-17-11-7-12-18-23)24-19-13-8-14-20-24/h6-21,28H,5H2,1-4H3/b25-21-. The highest BCUT2D eigenvalue weighted by molar-refractivity contribution is 7.25. The highest BCUT2D eigenvalue weighted by Crippen LogP contribution is 2.37. The first-order valence-electron chi connectivity index (χ1n) is 10.6. The fourth-order valence-corrected chi connectivity index (χ4v) is 9.47.